The highest BCUT2D eigenvalue weighted by Gasteiger charge is 2.26. The maximum absolute atomic E-state index is 12.2. The van der Waals surface area contributed by atoms with Gasteiger partial charge in [0.15, 0.2) is 5.82 Å². The highest BCUT2D eigenvalue weighted by atomic mass is 16.5. The summed E-state index contributed by atoms with van der Waals surface area (Å²) >= 11 is 0. The van der Waals surface area contributed by atoms with Crippen molar-refractivity contribution in [1.82, 2.24) is 20.1 Å². The highest BCUT2D eigenvalue weighted by molar-refractivity contribution is 5.94. The Balaban J connectivity index is 1.67. The average Bonchev–Trinajstić information content (AvgIpc) is 3.17. The number of methoxy groups -OCH3 is 1. The van der Waals surface area contributed by atoms with E-state index in [4.69, 9.17) is 0 Å². The molecular weight excluding hydrogens is 320 g/mol. The molecule has 0 spiro atoms. The van der Waals surface area contributed by atoms with Crippen LogP contribution in [0.25, 0.3) is 11.4 Å². The standard InChI is InChI=1S/C18H20N4O3/c1-25-16(24)10-9-15(23)22-11-5-8-14(12-22)18-19-17(20-21-18)13-6-3-2-4-7-13/h2-4,6-7,9-10,14H,5,8,11-12H2,1H3,(H,19,20,21)/b10-9+. The van der Waals surface area contributed by atoms with Crippen molar-refractivity contribution < 1.29 is 14.3 Å². The van der Waals surface area contributed by atoms with Crippen molar-refractivity contribution in [2.75, 3.05) is 20.2 Å². The molecule has 0 radical (unpaired) electrons. The summed E-state index contributed by atoms with van der Waals surface area (Å²) in [5.41, 5.74) is 0.953. The normalized spacial score (nSPS) is 17.6. The number of piperidine rings is 1. The minimum atomic E-state index is -0.537. The van der Waals surface area contributed by atoms with E-state index >= 15 is 0 Å². The lowest BCUT2D eigenvalue weighted by Crippen LogP contribution is -2.38. The molecule has 1 aliphatic rings. The zero-order valence-electron chi connectivity index (χ0n) is 14.0. The molecule has 7 heteroatoms. The summed E-state index contributed by atoms with van der Waals surface area (Å²) < 4.78 is 4.50. The molecule has 0 saturated carbocycles. The molecule has 2 heterocycles. The van der Waals surface area contributed by atoms with Gasteiger partial charge in [0, 0.05) is 36.7 Å². The first-order valence-electron chi connectivity index (χ1n) is 8.20. The van der Waals surface area contributed by atoms with Gasteiger partial charge in [-0.1, -0.05) is 30.3 Å². The number of amides is 1. The average molecular weight is 340 g/mol. The van der Waals surface area contributed by atoms with Gasteiger partial charge in [-0.25, -0.2) is 9.78 Å². The molecule has 1 saturated heterocycles. The van der Waals surface area contributed by atoms with Crippen molar-refractivity contribution in [3.63, 3.8) is 0 Å². The van der Waals surface area contributed by atoms with Crippen LogP contribution in [0.2, 0.25) is 0 Å². The number of nitrogens with zero attached hydrogens (tertiary/aromatic N) is 3. The Bertz CT molecular complexity index is 770. The van der Waals surface area contributed by atoms with E-state index in [1.165, 1.54) is 13.2 Å². The third-order valence-corrected chi connectivity index (χ3v) is 4.22. The van der Waals surface area contributed by atoms with E-state index in [1.807, 2.05) is 30.3 Å². The van der Waals surface area contributed by atoms with Crippen molar-refractivity contribution >= 4 is 11.9 Å². The fourth-order valence-corrected chi connectivity index (χ4v) is 2.89. The van der Waals surface area contributed by atoms with E-state index in [0.717, 1.165) is 30.3 Å². The molecule has 1 aromatic heterocycles. The third kappa shape index (κ3) is 4.12. The molecule has 1 atom stereocenters. The van der Waals surface area contributed by atoms with Crippen molar-refractivity contribution in [2.45, 2.75) is 18.8 Å². The SMILES string of the molecule is COC(=O)/C=C/C(=O)N1CCCC(c2nc(-c3ccccc3)n[nH]2)C1. The summed E-state index contributed by atoms with van der Waals surface area (Å²) in [6.45, 7) is 1.22. The molecule has 0 aliphatic carbocycles. The van der Waals surface area contributed by atoms with Gasteiger partial charge in [-0.3, -0.25) is 9.89 Å². The van der Waals surface area contributed by atoms with Gasteiger partial charge < -0.3 is 9.64 Å². The predicted molar refractivity (Wildman–Crippen MR) is 91.5 cm³/mol. The lowest BCUT2D eigenvalue weighted by molar-refractivity contribution is -0.135. The van der Waals surface area contributed by atoms with Crippen LogP contribution in [0.1, 0.15) is 24.6 Å². The van der Waals surface area contributed by atoms with Crippen molar-refractivity contribution in [1.29, 1.82) is 0 Å². The topological polar surface area (TPSA) is 88.2 Å². The van der Waals surface area contributed by atoms with Crippen LogP contribution < -0.4 is 0 Å². The Hall–Kier alpha value is -2.96. The Morgan fingerprint density at radius 1 is 1.28 bits per heavy atom. The summed E-state index contributed by atoms with van der Waals surface area (Å²) in [4.78, 5) is 29.6. The van der Waals surface area contributed by atoms with Gasteiger partial charge in [0.2, 0.25) is 5.91 Å². The van der Waals surface area contributed by atoms with Crippen molar-refractivity contribution in [3.05, 3.63) is 48.3 Å². The third-order valence-electron chi connectivity index (χ3n) is 4.22. The summed E-state index contributed by atoms with van der Waals surface area (Å²) in [7, 11) is 1.28. The van der Waals surface area contributed by atoms with E-state index in [0.29, 0.717) is 18.9 Å². The molecule has 1 amide bonds. The van der Waals surface area contributed by atoms with Gasteiger partial charge in [0.25, 0.3) is 0 Å². The van der Waals surface area contributed by atoms with Crippen LogP contribution in [0.4, 0.5) is 0 Å². The lowest BCUT2D eigenvalue weighted by atomic mass is 9.97. The van der Waals surface area contributed by atoms with Gasteiger partial charge in [0.1, 0.15) is 5.82 Å². The molecule has 7 nitrogen and oxygen atoms in total. The predicted octanol–water partition coefficient (Wildman–Crippen LogP) is 1.91. The van der Waals surface area contributed by atoms with Crippen molar-refractivity contribution in [3.8, 4) is 11.4 Å². The summed E-state index contributed by atoms with van der Waals surface area (Å²) in [6.07, 6.45) is 4.22. The Kier molecular flexibility index (Phi) is 5.23. The van der Waals surface area contributed by atoms with E-state index < -0.39 is 5.97 Å². The first-order chi connectivity index (χ1) is 12.2. The minimum Gasteiger partial charge on any atom is -0.466 e. The zero-order valence-corrected chi connectivity index (χ0v) is 14.0. The summed E-state index contributed by atoms with van der Waals surface area (Å²) in [5.74, 6) is 0.815. The van der Waals surface area contributed by atoms with Crippen molar-refractivity contribution in [2.24, 2.45) is 0 Å². The summed E-state index contributed by atoms with van der Waals surface area (Å²) in [6, 6.07) is 9.76. The number of carbonyl (C=O) groups is 2. The molecule has 2 aromatic rings. The Morgan fingerprint density at radius 2 is 2.08 bits per heavy atom. The number of benzene rings is 1. The summed E-state index contributed by atoms with van der Waals surface area (Å²) in [5, 5.41) is 7.29. The quantitative estimate of drug-likeness (QED) is 0.678. The Labute approximate surface area is 145 Å². The van der Waals surface area contributed by atoms with Gasteiger partial charge in [-0.05, 0) is 12.8 Å². The fourth-order valence-electron chi connectivity index (χ4n) is 2.89. The first kappa shape index (κ1) is 16.9. The number of esters is 1. The van der Waals surface area contributed by atoms with Crippen LogP contribution >= 0.6 is 0 Å². The molecule has 1 aromatic carbocycles. The maximum atomic E-state index is 12.2. The maximum Gasteiger partial charge on any atom is 0.330 e. The molecule has 1 unspecified atom stereocenters. The molecular formula is C18H20N4O3. The van der Waals surface area contributed by atoms with Gasteiger partial charge in [-0.2, -0.15) is 5.10 Å². The van der Waals surface area contributed by atoms with Crippen LogP contribution in [-0.2, 0) is 14.3 Å². The van der Waals surface area contributed by atoms with Crippen LogP contribution in [0, 0.1) is 0 Å². The highest BCUT2D eigenvalue weighted by Crippen LogP contribution is 2.26. The van der Waals surface area contributed by atoms with E-state index in [9.17, 15) is 9.59 Å². The molecule has 25 heavy (non-hydrogen) atoms. The fraction of sp³-hybridized carbons (Fsp3) is 0.333. The largest absolute Gasteiger partial charge is 0.466 e. The number of hydrogen-bond acceptors (Lipinski definition) is 5. The molecule has 130 valence electrons. The zero-order chi connectivity index (χ0) is 17.6. The molecule has 1 fully saturated rings. The van der Waals surface area contributed by atoms with Crippen LogP contribution in [0.5, 0.6) is 0 Å². The number of H-pyrrole nitrogens is 1. The number of ether oxygens (including phenoxy) is 1. The smallest absolute Gasteiger partial charge is 0.330 e. The second kappa shape index (κ2) is 7.74. The number of nitrogens with one attached hydrogen (secondary N) is 1. The first-order valence-corrected chi connectivity index (χ1v) is 8.20. The van der Waals surface area contributed by atoms with E-state index in [-0.39, 0.29) is 11.8 Å². The van der Waals surface area contributed by atoms with Crippen LogP contribution in [-0.4, -0.2) is 52.2 Å². The second-order valence-electron chi connectivity index (χ2n) is 5.89. The van der Waals surface area contributed by atoms with Crippen LogP contribution in [0.15, 0.2) is 42.5 Å². The number of aromatic nitrogens is 3. The lowest BCUT2D eigenvalue weighted by Gasteiger charge is -2.30. The number of carbonyl (C=O) groups excluding carboxylic acids is 2. The molecule has 0 bridgehead atoms. The number of aromatic amines is 1. The van der Waals surface area contributed by atoms with Crippen LogP contribution in [0.3, 0.4) is 0 Å². The molecule has 1 aliphatic heterocycles. The second-order valence-corrected chi connectivity index (χ2v) is 5.89. The molecule has 1 N–H and O–H groups in total. The minimum absolute atomic E-state index is 0.106. The number of rotatable bonds is 4. The monoisotopic (exact) mass is 340 g/mol. The van der Waals surface area contributed by atoms with E-state index in [2.05, 4.69) is 19.9 Å². The van der Waals surface area contributed by atoms with Gasteiger partial charge in [-0.15, -0.1) is 0 Å². The number of hydrogen-bond donors (Lipinski definition) is 1. The number of likely N-dealkylation sites (tertiary alicyclic amines) is 1. The molecule has 3 rings (SSSR count). The van der Waals surface area contributed by atoms with Gasteiger partial charge >= 0.3 is 5.97 Å². The van der Waals surface area contributed by atoms with E-state index in [1.54, 1.807) is 4.90 Å². The van der Waals surface area contributed by atoms with Gasteiger partial charge in [0.05, 0.1) is 7.11 Å². The Morgan fingerprint density at radius 3 is 2.84 bits per heavy atom.